The molecule has 0 saturated carbocycles. The molecule has 0 aromatic heterocycles. The zero-order valence-corrected chi connectivity index (χ0v) is 11.4. The summed E-state index contributed by atoms with van der Waals surface area (Å²) in [5.74, 6) is 0.859. The molecular weight excluding hydrogens is 230 g/mol. The maximum atomic E-state index is 9.63. The number of aliphatic hydroxyl groups is 1. The first-order chi connectivity index (χ1) is 8.53. The van der Waals surface area contributed by atoms with Gasteiger partial charge in [0, 0.05) is 25.8 Å². The molecule has 4 heteroatoms. The van der Waals surface area contributed by atoms with Crippen molar-refractivity contribution in [2.75, 3.05) is 26.9 Å². The summed E-state index contributed by atoms with van der Waals surface area (Å²) in [6.45, 7) is 5.89. The van der Waals surface area contributed by atoms with Crippen LogP contribution in [0.5, 0.6) is 5.75 Å². The number of rotatable bonds is 8. The lowest BCUT2D eigenvalue weighted by molar-refractivity contribution is 0.0793. The third-order valence-corrected chi connectivity index (χ3v) is 2.39. The summed E-state index contributed by atoms with van der Waals surface area (Å²) in [7, 11) is 1.65. The zero-order chi connectivity index (χ0) is 13.4. The van der Waals surface area contributed by atoms with Crippen molar-refractivity contribution in [3.8, 4) is 5.75 Å². The van der Waals surface area contributed by atoms with Crippen molar-refractivity contribution in [1.29, 1.82) is 0 Å². The van der Waals surface area contributed by atoms with E-state index in [2.05, 4.69) is 5.32 Å². The van der Waals surface area contributed by atoms with Gasteiger partial charge in [-0.15, -0.1) is 0 Å². The molecule has 0 aliphatic carbocycles. The second-order valence-corrected chi connectivity index (χ2v) is 4.86. The Kier molecular flexibility index (Phi) is 6.12. The average molecular weight is 253 g/mol. The van der Waals surface area contributed by atoms with Crippen molar-refractivity contribution in [2.24, 2.45) is 0 Å². The van der Waals surface area contributed by atoms with Gasteiger partial charge in [-0.3, -0.25) is 0 Å². The topological polar surface area (TPSA) is 50.7 Å². The van der Waals surface area contributed by atoms with Crippen LogP contribution in [0.4, 0.5) is 0 Å². The third kappa shape index (κ3) is 6.00. The summed E-state index contributed by atoms with van der Waals surface area (Å²) < 4.78 is 10.6. The van der Waals surface area contributed by atoms with Crippen LogP contribution in [0.2, 0.25) is 0 Å². The second-order valence-electron chi connectivity index (χ2n) is 4.86. The average Bonchev–Trinajstić information content (AvgIpc) is 2.30. The van der Waals surface area contributed by atoms with Crippen molar-refractivity contribution < 1.29 is 14.6 Å². The summed E-state index contributed by atoms with van der Waals surface area (Å²) >= 11 is 0. The van der Waals surface area contributed by atoms with Gasteiger partial charge in [-0.1, -0.05) is 18.2 Å². The van der Waals surface area contributed by atoms with Gasteiger partial charge in [0.1, 0.15) is 12.4 Å². The number of nitrogens with one attached hydrogen (secondary N) is 1. The van der Waals surface area contributed by atoms with E-state index in [0.717, 1.165) is 11.3 Å². The Morgan fingerprint density at radius 2 is 1.94 bits per heavy atom. The molecule has 0 heterocycles. The van der Waals surface area contributed by atoms with Crippen LogP contribution in [0.25, 0.3) is 0 Å². The van der Waals surface area contributed by atoms with Gasteiger partial charge in [-0.2, -0.15) is 0 Å². The van der Waals surface area contributed by atoms with Gasteiger partial charge >= 0.3 is 0 Å². The van der Waals surface area contributed by atoms with Crippen LogP contribution in [-0.2, 0) is 11.3 Å². The highest BCUT2D eigenvalue weighted by atomic mass is 16.5. The van der Waals surface area contributed by atoms with Crippen LogP contribution in [0, 0.1) is 0 Å². The minimum Gasteiger partial charge on any atom is -0.491 e. The van der Waals surface area contributed by atoms with E-state index in [9.17, 15) is 5.11 Å². The van der Waals surface area contributed by atoms with Crippen LogP contribution in [-0.4, -0.2) is 37.6 Å². The van der Waals surface area contributed by atoms with Gasteiger partial charge < -0.3 is 19.9 Å². The predicted octanol–water partition coefficient (Wildman–Crippen LogP) is 1.57. The highest BCUT2D eigenvalue weighted by Gasteiger charge is 2.11. The molecule has 0 unspecified atom stereocenters. The first-order valence-corrected chi connectivity index (χ1v) is 6.15. The third-order valence-electron chi connectivity index (χ3n) is 2.39. The lowest BCUT2D eigenvalue weighted by Gasteiger charge is -2.18. The Labute approximate surface area is 109 Å². The SMILES string of the molecule is COCCOc1ccccc1CNCC(C)(C)O. The molecular formula is C14H23NO3. The van der Waals surface area contributed by atoms with Crippen LogP contribution in [0.3, 0.4) is 0 Å². The lowest BCUT2D eigenvalue weighted by Crippen LogP contribution is -2.34. The van der Waals surface area contributed by atoms with E-state index < -0.39 is 5.60 Å². The number of methoxy groups -OCH3 is 1. The van der Waals surface area contributed by atoms with E-state index in [1.165, 1.54) is 0 Å². The van der Waals surface area contributed by atoms with Gasteiger partial charge in [0.15, 0.2) is 0 Å². The Bertz CT molecular complexity index is 347. The second kappa shape index (κ2) is 7.36. The Morgan fingerprint density at radius 3 is 2.61 bits per heavy atom. The minimum atomic E-state index is -0.703. The van der Waals surface area contributed by atoms with Gasteiger partial charge in [0.2, 0.25) is 0 Å². The summed E-state index contributed by atoms with van der Waals surface area (Å²) in [4.78, 5) is 0. The van der Waals surface area contributed by atoms with Gasteiger partial charge in [0.05, 0.1) is 12.2 Å². The first-order valence-electron chi connectivity index (χ1n) is 6.15. The van der Waals surface area contributed by atoms with Crippen molar-refractivity contribution in [1.82, 2.24) is 5.32 Å². The summed E-state index contributed by atoms with van der Waals surface area (Å²) in [6.07, 6.45) is 0. The molecule has 18 heavy (non-hydrogen) atoms. The lowest BCUT2D eigenvalue weighted by atomic mass is 10.1. The molecule has 0 atom stereocenters. The molecule has 0 spiro atoms. The smallest absolute Gasteiger partial charge is 0.123 e. The quantitative estimate of drug-likeness (QED) is 0.691. The number of hydrogen-bond acceptors (Lipinski definition) is 4. The fourth-order valence-electron chi connectivity index (χ4n) is 1.53. The van der Waals surface area contributed by atoms with E-state index >= 15 is 0 Å². The first kappa shape index (κ1) is 15.0. The van der Waals surface area contributed by atoms with Crippen LogP contribution < -0.4 is 10.1 Å². The molecule has 1 rings (SSSR count). The van der Waals surface area contributed by atoms with Gasteiger partial charge in [0.25, 0.3) is 0 Å². The molecule has 1 aromatic rings. The fraction of sp³-hybridized carbons (Fsp3) is 0.571. The highest BCUT2D eigenvalue weighted by Crippen LogP contribution is 2.17. The summed E-state index contributed by atoms with van der Waals surface area (Å²) in [5.41, 5.74) is 0.379. The molecule has 0 aliphatic heterocycles. The van der Waals surface area contributed by atoms with Crippen molar-refractivity contribution >= 4 is 0 Å². The van der Waals surface area contributed by atoms with Gasteiger partial charge in [-0.25, -0.2) is 0 Å². The van der Waals surface area contributed by atoms with Crippen LogP contribution in [0.15, 0.2) is 24.3 Å². The van der Waals surface area contributed by atoms with E-state index in [4.69, 9.17) is 9.47 Å². The van der Waals surface area contributed by atoms with E-state index in [1.807, 2.05) is 24.3 Å². The Morgan fingerprint density at radius 1 is 1.22 bits per heavy atom. The molecule has 0 bridgehead atoms. The number of benzene rings is 1. The molecule has 4 nitrogen and oxygen atoms in total. The van der Waals surface area contributed by atoms with E-state index in [0.29, 0.717) is 26.3 Å². The molecule has 0 aliphatic rings. The van der Waals surface area contributed by atoms with E-state index in [-0.39, 0.29) is 0 Å². The number of hydrogen-bond donors (Lipinski definition) is 2. The zero-order valence-electron chi connectivity index (χ0n) is 11.4. The van der Waals surface area contributed by atoms with Crippen molar-refractivity contribution in [2.45, 2.75) is 26.0 Å². The highest BCUT2D eigenvalue weighted by molar-refractivity contribution is 5.33. The molecule has 0 fully saturated rings. The monoisotopic (exact) mass is 253 g/mol. The maximum Gasteiger partial charge on any atom is 0.123 e. The minimum absolute atomic E-state index is 0.541. The van der Waals surface area contributed by atoms with Crippen LogP contribution >= 0.6 is 0 Å². The molecule has 0 radical (unpaired) electrons. The summed E-state index contributed by atoms with van der Waals surface area (Å²) in [6, 6.07) is 7.88. The number of ether oxygens (including phenoxy) is 2. The normalized spacial score (nSPS) is 11.6. The van der Waals surface area contributed by atoms with Crippen LogP contribution in [0.1, 0.15) is 19.4 Å². The van der Waals surface area contributed by atoms with Crippen molar-refractivity contribution in [3.63, 3.8) is 0 Å². The van der Waals surface area contributed by atoms with Gasteiger partial charge in [-0.05, 0) is 19.9 Å². The van der Waals surface area contributed by atoms with Crippen molar-refractivity contribution in [3.05, 3.63) is 29.8 Å². The molecule has 1 aromatic carbocycles. The maximum absolute atomic E-state index is 9.63. The Balaban J connectivity index is 2.48. The molecule has 2 N–H and O–H groups in total. The molecule has 0 amide bonds. The summed E-state index contributed by atoms with van der Waals surface area (Å²) in [5, 5.41) is 12.8. The fourth-order valence-corrected chi connectivity index (χ4v) is 1.53. The standard InChI is InChI=1S/C14H23NO3/c1-14(2,16)11-15-10-12-6-4-5-7-13(12)18-9-8-17-3/h4-7,15-16H,8-11H2,1-3H3. The predicted molar refractivity (Wildman–Crippen MR) is 71.8 cm³/mol. The Hall–Kier alpha value is -1.10. The number of para-hydroxylation sites is 1. The van der Waals surface area contributed by atoms with E-state index in [1.54, 1.807) is 21.0 Å². The largest absolute Gasteiger partial charge is 0.491 e. The molecule has 102 valence electrons. The molecule has 0 saturated heterocycles.